The van der Waals surface area contributed by atoms with Crippen molar-refractivity contribution in [2.75, 3.05) is 7.05 Å². The number of halogens is 1. The van der Waals surface area contributed by atoms with Gasteiger partial charge < -0.3 is 5.32 Å². The van der Waals surface area contributed by atoms with Crippen LogP contribution in [0.2, 0.25) is 0 Å². The maximum atomic E-state index is 3.62. The third kappa shape index (κ3) is 1.83. The van der Waals surface area contributed by atoms with E-state index in [0.717, 1.165) is 23.8 Å². The van der Waals surface area contributed by atoms with Gasteiger partial charge in [-0.25, -0.2) is 0 Å². The molecule has 2 unspecified atom stereocenters. The fraction of sp³-hybridized carbons (Fsp3) is 0.647. The monoisotopic (exact) mass is 319 g/mol. The Hall–Kier alpha value is -0.340. The van der Waals surface area contributed by atoms with E-state index < -0.39 is 0 Å². The maximum absolute atomic E-state index is 3.62. The van der Waals surface area contributed by atoms with Gasteiger partial charge in [0.25, 0.3) is 0 Å². The first kappa shape index (κ1) is 12.4. The van der Waals surface area contributed by atoms with Crippen molar-refractivity contribution in [3.05, 3.63) is 34.3 Å². The summed E-state index contributed by atoms with van der Waals surface area (Å²) in [5.74, 6) is 2.82. The summed E-state index contributed by atoms with van der Waals surface area (Å²) >= 11 is 3.57. The second kappa shape index (κ2) is 4.33. The van der Waals surface area contributed by atoms with E-state index in [1.165, 1.54) is 36.6 Å². The lowest BCUT2D eigenvalue weighted by molar-refractivity contribution is -0.0326. The lowest BCUT2D eigenvalue weighted by Gasteiger charge is -2.60. The summed E-state index contributed by atoms with van der Waals surface area (Å²) in [6.45, 7) is 0. The lowest BCUT2D eigenvalue weighted by atomic mass is 9.46. The Balaban J connectivity index is 1.71. The molecule has 0 radical (unpaired) electrons. The third-order valence-corrected chi connectivity index (χ3v) is 6.59. The van der Waals surface area contributed by atoms with Crippen molar-refractivity contribution in [3.8, 4) is 0 Å². The van der Waals surface area contributed by atoms with Crippen LogP contribution in [-0.4, -0.2) is 13.1 Å². The molecule has 1 aromatic rings. The predicted molar refractivity (Wildman–Crippen MR) is 82.2 cm³/mol. The van der Waals surface area contributed by atoms with Crippen molar-refractivity contribution >= 4 is 15.9 Å². The molecule has 2 atom stereocenters. The quantitative estimate of drug-likeness (QED) is 0.864. The van der Waals surface area contributed by atoms with E-state index in [1.54, 1.807) is 5.56 Å². The van der Waals surface area contributed by atoms with Crippen molar-refractivity contribution in [3.63, 3.8) is 0 Å². The Bertz CT molecular complexity index is 465. The smallest absolute Gasteiger partial charge is 0.0175 e. The second-order valence-electron chi connectivity index (χ2n) is 7.07. The van der Waals surface area contributed by atoms with Gasteiger partial charge in [0.1, 0.15) is 0 Å². The Morgan fingerprint density at radius 1 is 1.05 bits per heavy atom. The Morgan fingerprint density at radius 2 is 1.68 bits per heavy atom. The first-order valence-electron chi connectivity index (χ1n) is 7.63. The molecule has 0 heterocycles. The molecule has 5 rings (SSSR count). The average molecular weight is 320 g/mol. The number of nitrogens with one attached hydrogen (secondary N) is 1. The molecule has 4 aliphatic carbocycles. The van der Waals surface area contributed by atoms with Crippen LogP contribution in [0.1, 0.15) is 37.7 Å². The molecular formula is C17H22BrN. The second-order valence-corrected chi connectivity index (χ2v) is 7.99. The summed E-state index contributed by atoms with van der Waals surface area (Å²) in [6, 6.07) is 9.98. The van der Waals surface area contributed by atoms with Gasteiger partial charge in [-0.1, -0.05) is 28.1 Å². The molecule has 0 aromatic heterocycles. The molecule has 19 heavy (non-hydrogen) atoms. The summed E-state index contributed by atoms with van der Waals surface area (Å²) in [5.41, 5.74) is 2.11. The molecule has 102 valence electrons. The van der Waals surface area contributed by atoms with E-state index in [2.05, 4.69) is 52.6 Å². The molecule has 1 nitrogen and oxygen atoms in total. The number of rotatable bonds is 2. The van der Waals surface area contributed by atoms with Crippen molar-refractivity contribution in [1.29, 1.82) is 0 Å². The molecular weight excluding hydrogens is 298 g/mol. The summed E-state index contributed by atoms with van der Waals surface area (Å²) in [7, 11) is 2.17. The Kier molecular flexibility index (Phi) is 2.82. The van der Waals surface area contributed by atoms with Gasteiger partial charge in [0.05, 0.1) is 0 Å². The molecule has 4 fully saturated rings. The highest BCUT2D eigenvalue weighted by molar-refractivity contribution is 9.10. The summed E-state index contributed by atoms with van der Waals surface area (Å²) in [6.07, 6.45) is 7.21. The SMILES string of the molecule is CNC1C2CC3CC1CC(c1ccc(Br)cc1)(C3)C2. The normalized spacial score (nSPS) is 43.7. The van der Waals surface area contributed by atoms with E-state index in [1.807, 2.05) is 0 Å². The van der Waals surface area contributed by atoms with E-state index in [9.17, 15) is 0 Å². The molecule has 1 aromatic carbocycles. The number of hydrogen-bond donors (Lipinski definition) is 1. The zero-order valence-electron chi connectivity index (χ0n) is 11.5. The van der Waals surface area contributed by atoms with Crippen LogP contribution in [0.25, 0.3) is 0 Å². The third-order valence-electron chi connectivity index (χ3n) is 6.06. The maximum Gasteiger partial charge on any atom is 0.0175 e. The fourth-order valence-corrected chi connectivity index (χ4v) is 5.92. The largest absolute Gasteiger partial charge is 0.316 e. The Morgan fingerprint density at radius 3 is 2.26 bits per heavy atom. The predicted octanol–water partition coefficient (Wildman–Crippen LogP) is 4.11. The van der Waals surface area contributed by atoms with Crippen LogP contribution < -0.4 is 5.32 Å². The van der Waals surface area contributed by atoms with Crippen molar-refractivity contribution in [1.82, 2.24) is 5.32 Å². The lowest BCUT2D eigenvalue weighted by Crippen LogP contribution is -2.59. The molecule has 2 heteroatoms. The van der Waals surface area contributed by atoms with Gasteiger partial charge in [-0.2, -0.15) is 0 Å². The highest BCUT2D eigenvalue weighted by Gasteiger charge is 2.55. The number of benzene rings is 1. The molecule has 0 aliphatic heterocycles. The van der Waals surface area contributed by atoms with Gasteiger partial charge >= 0.3 is 0 Å². The molecule has 0 amide bonds. The summed E-state index contributed by atoms with van der Waals surface area (Å²) in [4.78, 5) is 0. The van der Waals surface area contributed by atoms with Gasteiger partial charge in [-0.3, -0.25) is 0 Å². The molecule has 4 bridgehead atoms. The highest BCUT2D eigenvalue weighted by atomic mass is 79.9. The molecule has 4 saturated carbocycles. The van der Waals surface area contributed by atoms with Crippen LogP contribution in [0.4, 0.5) is 0 Å². The number of hydrogen-bond acceptors (Lipinski definition) is 1. The Labute approximate surface area is 124 Å². The minimum absolute atomic E-state index is 0.505. The van der Waals surface area contributed by atoms with Gasteiger partial charge in [0.15, 0.2) is 0 Å². The first-order chi connectivity index (χ1) is 9.20. The van der Waals surface area contributed by atoms with Crippen LogP contribution in [0.3, 0.4) is 0 Å². The van der Waals surface area contributed by atoms with Gasteiger partial charge in [-0.15, -0.1) is 0 Å². The molecule has 4 aliphatic rings. The van der Waals surface area contributed by atoms with E-state index in [0.29, 0.717) is 5.41 Å². The van der Waals surface area contributed by atoms with Crippen molar-refractivity contribution in [2.24, 2.45) is 17.8 Å². The van der Waals surface area contributed by atoms with Crippen molar-refractivity contribution < 1.29 is 0 Å². The van der Waals surface area contributed by atoms with Gasteiger partial charge in [-0.05, 0) is 80.0 Å². The first-order valence-corrected chi connectivity index (χ1v) is 8.43. The van der Waals surface area contributed by atoms with Crippen LogP contribution in [0, 0.1) is 17.8 Å². The fourth-order valence-electron chi connectivity index (χ4n) is 5.65. The molecule has 1 N–H and O–H groups in total. The average Bonchev–Trinajstić information content (AvgIpc) is 2.38. The topological polar surface area (TPSA) is 12.0 Å². The van der Waals surface area contributed by atoms with Crippen LogP contribution in [0.5, 0.6) is 0 Å². The van der Waals surface area contributed by atoms with Gasteiger partial charge in [0, 0.05) is 10.5 Å². The van der Waals surface area contributed by atoms with Crippen LogP contribution >= 0.6 is 15.9 Å². The van der Waals surface area contributed by atoms with E-state index in [4.69, 9.17) is 0 Å². The zero-order chi connectivity index (χ0) is 13.0. The van der Waals surface area contributed by atoms with Crippen LogP contribution in [-0.2, 0) is 5.41 Å². The van der Waals surface area contributed by atoms with Gasteiger partial charge in [0.2, 0.25) is 0 Å². The zero-order valence-corrected chi connectivity index (χ0v) is 13.1. The van der Waals surface area contributed by atoms with E-state index in [-0.39, 0.29) is 0 Å². The van der Waals surface area contributed by atoms with E-state index >= 15 is 0 Å². The minimum atomic E-state index is 0.505. The summed E-state index contributed by atoms with van der Waals surface area (Å²) < 4.78 is 1.20. The van der Waals surface area contributed by atoms with Crippen molar-refractivity contribution in [2.45, 2.75) is 43.6 Å². The highest BCUT2D eigenvalue weighted by Crippen LogP contribution is 2.60. The van der Waals surface area contributed by atoms with Crippen LogP contribution in [0.15, 0.2) is 28.7 Å². The summed E-state index contributed by atoms with van der Waals surface area (Å²) in [5, 5.41) is 3.62. The molecule has 0 saturated heterocycles. The standard InChI is InChI=1S/C17H22BrN/c1-19-16-12-6-11-7-13(16)10-17(8-11,9-12)14-2-4-15(18)5-3-14/h2-5,11-13,16,19H,6-10H2,1H3. The minimum Gasteiger partial charge on any atom is -0.316 e. The molecule has 0 spiro atoms.